The van der Waals surface area contributed by atoms with E-state index in [1.165, 1.54) is 19.8 Å². The zero-order valence-corrected chi connectivity index (χ0v) is 20.3. The molecule has 0 radical (unpaired) electrons. The van der Waals surface area contributed by atoms with Gasteiger partial charge in [0.2, 0.25) is 0 Å². The average molecular weight is 508 g/mol. The Bertz CT molecular complexity index is 515. The van der Waals surface area contributed by atoms with Crippen LogP contribution in [0, 0.1) is 22.7 Å². The first kappa shape index (κ1) is 18.9. The number of carbonyl (C=O) groups is 2. The van der Waals surface area contributed by atoms with Crippen molar-refractivity contribution in [3.8, 4) is 0 Å². The normalized spacial score (nSPS) is 36.7. The van der Waals surface area contributed by atoms with E-state index in [0.717, 1.165) is 29.6 Å². The van der Waals surface area contributed by atoms with Gasteiger partial charge in [-0.15, -0.1) is 0 Å². The molecule has 0 spiro atoms. The van der Waals surface area contributed by atoms with E-state index in [9.17, 15) is 9.59 Å². The Hall–Kier alpha value is -0.385. The molecule has 0 heterocycles. The van der Waals surface area contributed by atoms with E-state index in [1.807, 2.05) is 0 Å². The van der Waals surface area contributed by atoms with E-state index in [2.05, 4.69) is 19.9 Å². The molecule has 1 fully saturated rings. The number of rotatable bonds is 4. The summed E-state index contributed by atoms with van der Waals surface area (Å²) in [7, 11) is 2.94. The van der Waals surface area contributed by atoms with Crippen molar-refractivity contribution in [2.75, 3.05) is 14.2 Å². The Labute approximate surface area is 155 Å². The SMILES string of the molecule is COC(=O)CC1C([CH2][Hg])=CC[C@H]2[C@@](C)(C(=O)OC)CCC[C@]12C. The number of hydrogen-bond donors (Lipinski definition) is 0. The summed E-state index contributed by atoms with van der Waals surface area (Å²) in [6.07, 6.45) is 6.61. The number of fused-ring (bicyclic) bond motifs is 1. The number of allylic oxidation sites excluding steroid dienone is 2. The topological polar surface area (TPSA) is 52.6 Å². The Morgan fingerprint density at radius 1 is 1.26 bits per heavy atom. The fraction of sp³-hybridized carbons (Fsp3) is 0.778. The van der Waals surface area contributed by atoms with Crippen molar-refractivity contribution < 1.29 is 45.2 Å². The first-order valence-corrected chi connectivity index (χ1v) is 12.4. The van der Waals surface area contributed by atoms with Gasteiger partial charge < -0.3 is 0 Å². The van der Waals surface area contributed by atoms with Gasteiger partial charge in [0.25, 0.3) is 0 Å². The van der Waals surface area contributed by atoms with E-state index in [0.29, 0.717) is 32.5 Å². The summed E-state index contributed by atoms with van der Waals surface area (Å²) in [6.45, 7) is 4.33. The zero-order valence-electron chi connectivity index (χ0n) is 14.8. The van der Waals surface area contributed by atoms with Crippen LogP contribution in [0.3, 0.4) is 0 Å². The monoisotopic (exact) mass is 509 g/mol. The van der Waals surface area contributed by atoms with Gasteiger partial charge in [-0.3, -0.25) is 0 Å². The van der Waals surface area contributed by atoms with Gasteiger partial charge in [-0.1, -0.05) is 0 Å². The fourth-order valence-electron chi connectivity index (χ4n) is 5.06. The molecule has 0 saturated heterocycles. The molecule has 23 heavy (non-hydrogen) atoms. The minimum atomic E-state index is -0.451. The molecule has 0 aliphatic heterocycles. The quantitative estimate of drug-likeness (QED) is 0.332. The van der Waals surface area contributed by atoms with Crippen molar-refractivity contribution in [2.45, 2.75) is 49.9 Å². The predicted octanol–water partition coefficient (Wildman–Crippen LogP) is 3.45. The minimum absolute atomic E-state index is 0.0289. The van der Waals surface area contributed by atoms with Gasteiger partial charge in [-0.05, 0) is 0 Å². The maximum atomic E-state index is 12.5. The third kappa shape index (κ3) is 3.25. The third-order valence-corrected chi connectivity index (χ3v) is 8.62. The first-order valence-electron chi connectivity index (χ1n) is 8.47. The number of ether oxygens (including phenoxy) is 2. The van der Waals surface area contributed by atoms with E-state index >= 15 is 0 Å². The summed E-state index contributed by atoms with van der Waals surface area (Å²) in [5.74, 6) is 0.191. The summed E-state index contributed by atoms with van der Waals surface area (Å²) < 4.78 is 11.2. The van der Waals surface area contributed by atoms with Crippen LogP contribution in [0.1, 0.15) is 46.0 Å². The Morgan fingerprint density at radius 3 is 2.52 bits per heavy atom. The van der Waals surface area contributed by atoms with Crippen LogP contribution in [0.2, 0.25) is 3.93 Å². The van der Waals surface area contributed by atoms with Crippen molar-refractivity contribution in [1.82, 2.24) is 0 Å². The molecule has 0 amide bonds. The molecule has 0 aromatic carbocycles. The van der Waals surface area contributed by atoms with Gasteiger partial charge in [0.1, 0.15) is 0 Å². The van der Waals surface area contributed by atoms with Crippen molar-refractivity contribution in [1.29, 1.82) is 0 Å². The van der Waals surface area contributed by atoms with Crippen molar-refractivity contribution in [3.05, 3.63) is 11.6 Å². The Kier molecular flexibility index (Phi) is 5.97. The molecule has 0 bridgehead atoms. The molecule has 4 atom stereocenters. The summed E-state index contributed by atoms with van der Waals surface area (Å²) >= 11 is 0.666. The van der Waals surface area contributed by atoms with Crippen LogP contribution in [0.4, 0.5) is 0 Å². The van der Waals surface area contributed by atoms with Gasteiger partial charge in [0.15, 0.2) is 0 Å². The molecular weight excluding hydrogens is 481 g/mol. The van der Waals surface area contributed by atoms with Crippen molar-refractivity contribution >= 4 is 11.9 Å². The van der Waals surface area contributed by atoms with Crippen LogP contribution in [-0.4, -0.2) is 26.2 Å². The second-order valence-corrected chi connectivity index (χ2v) is 9.36. The van der Waals surface area contributed by atoms with Gasteiger partial charge in [-0.25, -0.2) is 0 Å². The van der Waals surface area contributed by atoms with E-state index < -0.39 is 5.41 Å². The van der Waals surface area contributed by atoms with Crippen molar-refractivity contribution in [3.63, 3.8) is 0 Å². The van der Waals surface area contributed by atoms with E-state index in [-0.39, 0.29) is 29.2 Å². The fourth-order valence-corrected chi connectivity index (χ4v) is 7.21. The summed E-state index contributed by atoms with van der Waals surface area (Å²) in [6, 6.07) is 0. The van der Waals surface area contributed by atoms with E-state index in [4.69, 9.17) is 9.47 Å². The van der Waals surface area contributed by atoms with Crippen LogP contribution in [0.5, 0.6) is 0 Å². The molecule has 2 aliphatic rings. The second kappa shape index (κ2) is 7.24. The molecule has 4 nitrogen and oxygen atoms in total. The maximum absolute atomic E-state index is 12.5. The summed E-state index contributed by atoms with van der Waals surface area (Å²) in [5, 5.41) is 0. The van der Waals surface area contributed by atoms with Crippen LogP contribution >= 0.6 is 0 Å². The molecule has 1 unspecified atom stereocenters. The second-order valence-electron chi connectivity index (χ2n) is 7.42. The number of hydrogen-bond acceptors (Lipinski definition) is 4. The molecule has 125 valence electrons. The molecule has 2 aliphatic carbocycles. The molecule has 5 heteroatoms. The number of methoxy groups -OCH3 is 2. The van der Waals surface area contributed by atoms with Gasteiger partial charge in [-0.2, -0.15) is 0 Å². The molecule has 0 N–H and O–H groups in total. The van der Waals surface area contributed by atoms with Gasteiger partial charge in [0, 0.05) is 0 Å². The molecule has 2 rings (SSSR count). The van der Waals surface area contributed by atoms with Crippen LogP contribution in [0.15, 0.2) is 11.6 Å². The molecular formula is C18H27HgO4. The third-order valence-electron chi connectivity index (χ3n) is 6.37. The molecule has 1 saturated carbocycles. The van der Waals surface area contributed by atoms with Crippen molar-refractivity contribution in [2.24, 2.45) is 22.7 Å². The Morgan fingerprint density at radius 2 is 1.96 bits per heavy atom. The summed E-state index contributed by atoms with van der Waals surface area (Å²) in [4.78, 5) is 24.5. The predicted molar refractivity (Wildman–Crippen MR) is 83.2 cm³/mol. The summed E-state index contributed by atoms with van der Waals surface area (Å²) in [5.41, 5.74) is 0.943. The van der Waals surface area contributed by atoms with Crippen LogP contribution in [0.25, 0.3) is 0 Å². The van der Waals surface area contributed by atoms with Gasteiger partial charge in [0.05, 0.1) is 0 Å². The van der Waals surface area contributed by atoms with Gasteiger partial charge >= 0.3 is 156 Å². The molecule has 0 aromatic heterocycles. The molecule has 0 aromatic rings. The number of carbonyl (C=O) groups excluding carboxylic acids is 2. The van der Waals surface area contributed by atoms with E-state index in [1.54, 1.807) is 0 Å². The Balaban J connectivity index is 2.43. The van der Waals surface area contributed by atoms with Crippen LogP contribution in [-0.2, 0) is 45.2 Å². The average Bonchev–Trinajstić information content (AvgIpc) is 2.54. The number of esters is 2. The van der Waals surface area contributed by atoms with Crippen LogP contribution < -0.4 is 0 Å². The first-order chi connectivity index (χ1) is 10.8. The standard InChI is InChI=1S/C18H27O4.Hg/c1-12-7-8-14-17(2,13(12)11-15(19)21-4)9-6-10-18(14,3)16(20)22-5;/h7,13-14H,1,6,8-11H2,2-5H3;/t13?,14-,17-,18+;/m1./s1. The zero-order chi connectivity index (χ0) is 17.3.